The van der Waals surface area contributed by atoms with Crippen molar-refractivity contribution in [3.8, 4) is 11.4 Å². The number of rotatable bonds is 4. The first-order valence-electron chi connectivity index (χ1n) is 6.38. The van der Waals surface area contributed by atoms with Gasteiger partial charge in [0.05, 0.1) is 6.04 Å². The zero-order valence-corrected chi connectivity index (χ0v) is 11.4. The molecule has 102 valence electrons. The van der Waals surface area contributed by atoms with Crippen molar-refractivity contribution in [2.24, 2.45) is 11.7 Å². The summed E-state index contributed by atoms with van der Waals surface area (Å²) in [5.41, 5.74) is 7.20. The molecule has 2 aromatic rings. The molecule has 0 bridgehead atoms. The van der Waals surface area contributed by atoms with Crippen molar-refractivity contribution in [2.75, 3.05) is 0 Å². The van der Waals surface area contributed by atoms with Gasteiger partial charge < -0.3 is 10.3 Å². The van der Waals surface area contributed by atoms with Gasteiger partial charge >= 0.3 is 0 Å². The number of halogens is 1. The van der Waals surface area contributed by atoms with Crippen LogP contribution in [0.5, 0.6) is 0 Å². The average Bonchev–Trinajstić information content (AvgIpc) is 2.89. The summed E-state index contributed by atoms with van der Waals surface area (Å²) in [6, 6.07) is 4.57. The third-order valence-electron chi connectivity index (χ3n) is 3.41. The molecule has 0 spiro atoms. The van der Waals surface area contributed by atoms with Gasteiger partial charge in [-0.1, -0.05) is 37.6 Å². The second-order valence-corrected chi connectivity index (χ2v) is 4.83. The van der Waals surface area contributed by atoms with E-state index in [4.69, 9.17) is 10.3 Å². The molecular formula is C14H18FN3O. The van der Waals surface area contributed by atoms with Gasteiger partial charge in [0.15, 0.2) is 0 Å². The van der Waals surface area contributed by atoms with Crippen LogP contribution in [0.1, 0.15) is 37.8 Å². The molecule has 0 fully saturated rings. The predicted octanol–water partition coefficient (Wildman–Crippen LogP) is 3.23. The highest BCUT2D eigenvalue weighted by Gasteiger charge is 2.20. The maximum Gasteiger partial charge on any atom is 0.244 e. The van der Waals surface area contributed by atoms with Gasteiger partial charge in [0.25, 0.3) is 0 Å². The first-order chi connectivity index (χ1) is 9.02. The molecule has 0 amide bonds. The van der Waals surface area contributed by atoms with Gasteiger partial charge in [0, 0.05) is 5.56 Å². The van der Waals surface area contributed by atoms with Gasteiger partial charge in [-0.25, -0.2) is 4.39 Å². The fraction of sp³-hybridized carbons (Fsp3) is 0.429. The van der Waals surface area contributed by atoms with Crippen LogP contribution in [0.2, 0.25) is 0 Å². The van der Waals surface area contributed by atoms with E-state index in [1.54, 1.807) is 19.1 Å². The van der Waals surface area contributed by atoms with Crippen molar-refractivity contribution in [1.29, 1.82) is 0 Å². The maximum absolute atomic E-state index is 13.5. The molecule has 0 aliphatic carbocycles. The highest BCUT2D eigenvalue weighted by Crippen LogP contribution is 2.24. The minimum atomic E-state index is -0.290. The Morgan fingerprint density at radius 3 is 2.79 bits per heavy atom. The summed E-state index contributed by atoms with van der Waals surface area (Å²) in [6.45, 7) is 5.79. The maximum atomic E-state index is 13.5. The lowest BCUT2D eigenvalue weighted by Crippen LogP contribution is -2.18. The minimum Gasteiger partial charge on any atom is -0.337 e. The molecule has 1 aromatic carbocycles. The molecule has 19 heavy (non-hydrogen) atoms. The molecule has 0 saturated heterocycles. The Balaban J connectivity index is 2.27. The zero-order valence-electron chi connectivity index (χ0n) is 11.4. The van der Waals surface area contributed by atoms with E-state index < -0.39 is 0 Å². The molecule has 2 N–H and O–H groups in total. The fourth-order valence-corrected chi connectivity index (χ4v) is 1.72. The number of hydrogen-bond donors (Lipinski definition) is 1. The number of nitrogens with two attached hydrogens (primary N) is 1. The summed E-state index contributed by atoms with van der Waals surface area (Å²) in [5, 5.41) is 3.86. The lowest BCUT2D eigenvalue weighted by Gasteiger charge is -2.12. The Hall–Kier alpha value is -1.75. The summed E-state index contributed by atoms with van der Waals surface area (Å²) in [5.74, 6) is 0.733. The lowest BCUT2D eigenvalue weighted by molar-refractivity contribution is 0.312. The first kappa shape index (κ1) is 13.7. The van der Waals surface area contributed by atoms with Crippen LogP contribution in [0.4, 0.5) is 4.39 Å². The molecular weight excluding hydrogens is 245 g/mol. The van der Waals surface area contributed by atoms with Gasteiger partial charge in [-0.05, 0) is 24.5 Å². The molecule has 0 aliphatic rings. The van der Waals surface area contributed by atoms with Gasteiger partial charge in [0.1, 0.15) is 5.82 Å². The van der Waals surface area contributed by atoms with Crippen molar-refractivity contribution in [3.05, 3.63) is 35.5 Å². The molecule has 0 radical (unpaired) electrons. The summed E-state index contributed by atoms with van der Waals surface area (Å²) in [7, 11) is 0. The quantitative estimate of drug-likeness (QED) is 0.919. The molecule has 0 saturated carbocycles. The second kappa shape index (κ2) is 5.48. The number of hydrogen-bond acceptors (Lipinski definition) is 4. The Kier molecular flexibility index (Phi) is 3.95. The largest absolute Gasteiger partial charge is 0.337 e. The smallest absolute Gasteiger partial charge is 0.244 e. The molecule has 2 rings (SSSR count). The van der Waals surface area contributed by atoms with Crippen LogP contribution in [0.3, 0.4) is 0 Å². The topological polar surface area (TPSA) is 64.9 Å². The van der Waals surface area contributed by atoms with E-state index in [-0.39, 0.29) is 17.8 Å². The van der Waals surface area contributed by atoms with Crippen LogP contribution < -0.4 is 5.73 Å². The molecule has 1 aromatic heterocycles. The van der Waals surface area contributed by atoms with Crippen molar-refractivity contribution in [1.82, 2.24) is 10.1 Å². The zero-order chi connectivity index (χ0) is 14.0. The second-order valence-electron chi connectivity index (χ2n) is 4.83. The predicted molar refractivity (Wildman–Crippen MR) is 70.8 cm³/mol. The van der Waals surface area contributed by atoms with E-state index in [0.29, 0.717) is 22.8 Å². The van der Waals surface area contributed by atoms with E-state index in [9.17, 15) is 4.39 Å². The van der Waals surface area contributed by atoms with Gasteiger partial charge in [-0.2, -0.15) is 4.98 Å². The van der Waals surface area contributed by atoms with Crippen LogP contribution in [-0.2, 0) is 0 Å². The summed E-state index contributed by atoms with van der Waals surface area (Å²) in [6.07, 6.45) is 0.929. The molecule has 2 atom stereocenters. The number of aryl methyl sites for hydroxylation is 1. The van der Waals surface area contributed by atoms with Crippen molar-refractivity contribution in [3.63, 3.8) is 0 Å². The minimum absolute atomic E-state index is 0.253. The number of nitrogens with zero attached hydrogens (tertiary/aromatic N) is 2. The standard InChI is InChI=1S/C14H18FN3O/c1-4-8(2)12(16)14-17-13(18-19-14)10-6-5-9(3)11(15)7-10/h5-8,12H,4,16H2,1-3H3/t8-,12-/m0/s1. The summed E-state index contributed by atoms with van der Waals surface area (Å²) in [4.78, 5) is 4.25. The van der Waals surface area contributed by atoms with E-state index >= 15 is 0 Å². The normalized spacial score (nSPS) is 14.4. The van der Waals surface area contributed by atoms with E-state index in [0.717, 1.165) is 6.42 Å². The van der Waals surface area contributed by atoms with Gasteiger partial charge in [-0.15, -0.1) is 0 Å². The van der Waals surface area contributed by atoms with Crippen LogP contribution in [0.25, 0.3) is 11.4 Å². The molecule has 5 heteroatoms. The summed E-state index contributed by atoms with van der Waals surface area (Å²) >= 11 is 0. The van der Waals surface area contributed by atoms with Crippen LogP contribution in [0.15, 0.2) is 22.7 Å². The van der Waals surface area contributed by atoms with Crippen molar-refractivity contribution < 1.29 is 8.91 Å². The SMILES string of the molecule is CC[C@H](C)[C@H](N)c1nc(-c2ccc(C)c(F)c2)no1. The average molecular weight is 263 g/mol. The van der Waals surface area contributed by atoms with Crippen molar-refractivity contribution >= 4 is 0 Å². The van der Waals surface area contributed by atoms with Gasteiger partial charge in [-0.3, -0.25) is 0 Å². The monoisotopic (exact) mass is 263 g/mol. The third-order valence-corrected chi connectivity index (χ3v) is 3.41. The summed E-state index contributed by atoms with van der Waals surface area (Å²) < 4.78 is 18.7. The molecule has 0 aliphatic heterocycles. The Morgan fingerprint density at radius 2 is 2.16 bits per heavy atom. The lowest BCUT2D eigenvalue weighted by atomic mass is 10.0. The highest BCUT2D eigenvalue weighted by molar-refractivity contribution is 5.54. The Morgan fingerprint density at radius 1 is 1.42 bits per heavy atom. The van der Waals surface area contributed by atoms with Gasteiger partial charge in [0.2, 0.25) is 11.7 Å². The fourth-order valence-electron chi connectivity index (χ4n) is 1.72. The van der Waals surface area contributed by atoms with Crippen molar-refractivity contribution in [2.45, 2.75) is 33.2 Å². The Labute approximate surface area is 111 Å². The van der Waals surface area contributed by atoms with E-state index in [1.807, 2.05) is 6.92 Å². The van der Waals surface area contributed by atoms with E-state index in [1.165, 1.54) is 6.07 Å². The first-order valence-corrected chi connectivity index (χ1v) is 6.38. The Bertz CT molecular complexity index is 568. The molecule has 1 heterocycles. The number of benzene rings is 1. The molecule has 4 nitrogen and oxygen atoms in total. The highest BCUT2D eigenvalue weighted by atomic mass is 19.1. The van der Waals surface area contributed by atoms with Crippen LogP contribution in [0, 0.1) is 18.7 Å². The van der Waals surface area contributed by atoms with Crippen LogP contribution in [-0.4, -0.2) is 10.1 Å². The third kappa shape index (κ3) is 2.81. The molecule has 0 unspecified atom stereocenters. The van der Waals surface area contributed by atoms with Crippen LogP contribution >= 0.6 is 0 Å². The van der Waals surface area contributed by atoms with E-state index in [2.05, 4.69) is 17.1 Å². The number of aromatic nitrogens is 2.